The lowest BCUT2D eigenvalue weighted by molar-refractivity contribution is -0.146. The number of carbonyl (C=O) groups excluding carboxylic acids is 4. The minimum atomic E-state index is -1.46. The third kappa shape index (κ3) is 8.51. The zero-order chi connectivity index (χ0) is 17.3. The van der Waals surface area contributed by atoms with Gasteiger partial charge in [-0.2, -0.15) is 0 Å². The van der Waals surface area contributed by atoms with E-state index in [1.165, 1.54) is 6.92 Å². The van der Waals surface area contributed by atoms with Crippen molar-refractivity contribution < 1.29 is 33.8 Å². The number of amides is 3. The lowest BCUT2D eigenvalue weighted by atomic mass is 10.1. The van der Waals surface area contributed by atoms with Crippen molar-refractivity contribution in [2.45, 2.75) is 38.8 Å². The van der Waals surface area contributed by atoms with Gasteiger partial charge in [0, 0.05) is 13.3 Å². The fourth-order valence-electron chi connectivity index (χ4n) is 1.40. The molecule has 0 unspecified atom stereocenters. The lowest BCUT2D eigenvalue weighted by Crippen LogP contribution is -2.51. The second-order valence-electron chi connectivity index (χ2n) is 4.48. The van der Waals surface area contributed by atoms with E-state index in [2.05, 4.69) is 10.1 Å². The highest BCUT2D eigenvalue weighted by Gasteiger charge is 2.24. The van der Waals surface area contributed by atoms with Crippen LogP contribution < -0.4 is 16.4 Å². The van der Waals surface area contributed by atoms with Gasteiger partial charge in [-0.25, -0.2) is 4.79 Å². The van der Waals surface area contributed by atoms with Gasteiger partial charge in [-0.3, -0.25) is 19.2 Å². The molecular formula is C12H19N3O7. The van der Waals surface area contributed by atoms with Gasteiger partial charge in [0.15, 0.2) is 12.4 Å². The first-order valence-corrected chi connectivity index (χ1v) is 6.37. The highest BCUT2D eigenvalue weighted by molar-refractivity contribution is 5.93. The van der Waals surface area contributed by atoms with Gasteiger partial charge in [-0.1, -0.05) is 0 Å². The molecule has 0 aliphatic carbocycles. The van der Waals surface area contributed by atoms with Crippen LogP contribution in [0.3, 0.4) is 0 Å². The monoisotopic (exact) mass is 317 g/mol. The summed E-state index contributed by atoms with van der Waals surface area (Å²) in [5.74, 6) is -2.68. The van der Waals surface area contributed by atoms with E-state index < -0.39 is 48.4 Å². The summed E-state index contributed by atoms with van der Waals surface area (Å²) < 4.78 is 4.50. The molecule has 3 amide bonds. The van der Waals surface area contributed by atoms with Crippen LogP contribution in [0.15, 0.2) is 0 Å². The Bertz CT molecular complexity index is 464. The molecule has 0 rings (SSSR count). The number of nitrogens with two attached hydrogens (primary N) is 1. The van der Waals surface area contributed by atoms with Gasteiger partial charge in [0.05, 0.1) is 6.04 Å². The molecule has 0 aliphatic rings. The number of rotatable bonds is 9. The normalized spacial score (nSPS) is 12.6. The summed E-state index contributed by atoms with van der Waals surface area (Å²) >= 11 is 0. The first kappa shape index (κ1) is 19.4. The van der Waals surface area contributed by atoms with Gasteiger partial charge in [0.1, 0.15) is 6.04 Å². The maximum Gasteiger partial charge on any atom is 0.405 e. The third-order valence-corrected chi connectivity index (χ3v) is 2.55. The zero-order valence-corrected chi connectivity index (χ0v) is 12.3. The van der Waals surface area contributed by atoms with E-state index in [0.29, 0.717) is 0 Å². The maximum atomic E-state index is 11.9. The van der Waals surface area contributed by atoms with Crippen molar-refractivity contribution in [3.05, 3.63) is 0 Å². The molecular weight excluding hydrogens is 298 g/mol. The number of hydrogen-bond acceptors (Lipinski definition) is 6. The highest BCUT2D eigenvalue weighted by Crippen LogP contribution is 1.99. The Morgan fingerprint density at radius 2 is 1.77 bits per heavy atom. The van der Waals surface area contributed by atoms with Crippen molar-refractivity contribution >= 4 is 29.7 Å². The molecule has 0 spiro atoms. The van der Waals surface area contributed by atoms with Crippen molar-refractivity contribution in [3.63, 3.8) is 0 Å². The van der Waals surface area contributed by atoms with Crippen molar-refractivity contribution in [2.24, 2.45) is 5.73 Å². The Morgan fingerprint density at radius 3 is 2.23 bits per heavy atom. The number of primary amides is 1. The minimum absolute atomic E-state index is 0.141. The van der Waals surface area contributed by atoms with E-state index in [9.17, 15) is 24.0 Å². The SMILES string of the molecule is CC(=O)OCC(=O)[C@H](C)NC(=O)[C@H](CCC(N)=O)NC(=O)O. The number of Topliss-reactive ketones (excluding diaryl/α,β-unsaturated/α-hetero) is 1. The van der Waals surface area contributed by atoms with E-state index in [1.807, 2.05) is 5.32 Å². The standard InChI is InChI=1S/C12H19N3O7/c1-6(9(17)5-22-7(2)16)14-11(19)8(15-12(20)21)3-4-10(13)18/h6,8,15H,3-5H2,1-2H3,(H2,13,18)(H,14,19)(H,20,21)/t6-,8-/m0/s1. The van der Waals surface area contributed by atoms with Crippen molar-refractivity contribution in [2.75, 3.05) is 6.61 Å². The number of hydrogen-bond donors (Lipinski definition) is 4. The molecule has 0 bridgehead atoms. The second-order valence-corrected chi connectivity index (χ2v) is 4.48. The predicted molar refractivity (Wildman–Crippen MR) is 72.6 cm³/mol. The molecule has 0 aromatic rings. The summed E-state index contributed by atoms with van der Waals surface area (Å²) in [7, 11) is 0. The summed E-state index contributed by atoms with van der Waals surface area (Å²) in [4.78, 5) is 55.4. The fourth-order valence-corrected chi connectivity index (χ4v) is 1.40. The Kier molecular flexibility index (Phi) is 8.19. The van der Waals surface area contributed by atoms with Crippen molar-refractivity contribution in [1.82, 2.24) is 10.6 Å². The summed E-state index contributed by atoms with van der Waals surface area (Å²) in [6.07, 6.45) is -1.80. The minimum Gasteiger partial charge on any atom is -0.465 e. The first-order chi connectivity index (χ1) is 10.1. The average molecular weight is 317 g/mol. The van der Waals surface area contributed by atoms with E-state index in [1.54, 1.807) is 0 Å². The molecule has 22 heavy (non-hydrogen) atoms. The third-order valence-electron chi connectivity index (χ3n) is 2.55. The van der Waals surface area contributed by atoms with Gasteiger partial charge in [-0.15, -0.1) is 0 Å². The predicted octanol–water partition coefficient (Wildman–Crippen LogP) is -1.47. The molecule has 0 heterocycles. The molecule has 10 heteroatoms. The maximum absolute atomic E-state index is 11.9. The molecule has 0 aliphatic heterocycles. The average Bonchev–Trinajstić information content (AvgIpc) is 2.39. The van der Waals surface area contributed by atoms with Crippen LogP contribution in [0.4, 0.5) is 4.79 Å². The van der Waals surface area contributed by atoms with Crippen LogP contribution in [-0.4, -0.2) is 53.5 Å². The molecule has 0 aromatic heterocycles. The molecule has 0 aromatic carbocycles. The number of ketones is 1. The van der Waals surface area contributed by atoms with Crippen molar-refractivity contribution in [3.8, 4) is 0 Å². The van der Waals surface area contributed by atoms with E-state index >= 15 is 0 Å². The van der Waals surface area contributed by atoms with Crippen molar-refractivity contribution in [1.29, 1.82) is 0 Å². The van der Waals surface area contributed by atoms with E-state index in [4.69, 9.17) is 10.8 Å². The van der Waals surface area contributed by atoms with Crippen LogP contribution in [0.1, 0.15) is 26.7 Å². The Morgan fingerprint density at radius 1 is 1.18 bits per heavy atom. The van der Waals surface area contributed by atoms with E-state index in [0.717, 1.165) is 6.92 Å². The molecule has 5 N–H and O–H groups in total. The molecule has 0 radical (unpaired) electrons. The van der Waals surface area contributed by atoms with Gasteiger partial charge >= 0.3 is 12.1 Å². The Balaban J connectivity index is 4.58. The fraction of sp³-hybridized carbons (Fsp3) is 0.583. The number of esters is 1. The number of ether oxygens (including phenoxy) is 1. The number of carboxylic acid groups (broad SMARTS) is 1. The van der Waals surface area contributed by atoms with Gasteiger partial charge < -0.3 is 26.2 Å². The van der Waals surface area contributed by atoms with Gasteiger partial charge in [0.25, 0.3) is 0 Å². The largest absolute Gasteiger partial charge is 0.465 e. The summed E-state index contributed by atoms with van der Waals surface area (Å²) in [5, 5.41) is 12.9. The smallest absolute Gasteiger partial charge is 0.405 e. The second kappa shape index (κ2) is 9.32. The summed E-state index contributed by atoms with van der Waals surface area (Å²) in [6.45, 7) is 1.98. The first-order valence-electron chi connectivity index (χ1n) is 6.37. The molecule has 0 fully saturated rings. The molecule has 10 nitrogen and oxygen atoms in total. The number of nitrogens with one attached hydrogen (secondary N) is 2. The quantitative estimate of drug-likeness (QED) is 0.376. The molecule has 0 saturated heterocycles. The number of carbonyl (C=O) groups is 5. The van der Waals surface area contributed by atoms with Crippen LogP contribution in [-0.2, 0) is 23.9 Å². The lowest BCUT2D eigenvalue weighted by Gasteiger charge is -2.19. The van der Waals surface area contributed by atoms with Crippen LogP contribution in [0.25, 0.3) is 0 Å². The summed E-state index contributed by atoms with van der Waals surface area (Å²) in [5.41, 5.74) is 4.94. The van der Waals surface area contributed by atoms with Crippen LogP contribution in [0.2, 0.25) is 0 Å². The molecule has 124 valence electrons. The van der Waals surface area contributed by atoms with E-state index in [-0.39, 0.29) is 12.8 Å². The summed E-state index contributed by atoms with van der Waals surface area (Å²) in [6, 6.07) is -2.22. The highest BCUT2D eigenvalue weighted by atomic mass is 16.5. The van der Waals surface area contributed by atoms with Crippen LogP contribution in [0, 0.1) is 0 Å². The Hall–Kier alpha value is -2.65. The van der Waals surface area contributed by atoms with Crippen LogP contribution >= 0.6 is 0 Å². The molecule has 2 atom stereocenters. The topological polar surface area (TPSA) is 165 Å². The zero-order valence-electron chi connectivity index (χ0n) is 12.3. The Labute approximate surface area is 126 Å². The van der Waals surface area contributed by atoms with Gasteiger partial charge in [-0.05, 0) is 13.3 Å². The van der Waals surface area contributed by atoms with Gasteiger partial charge in [0.2, 0.25) is 11.8 Å². The van der Waals surface area contributed by atoms with Crippen LogP contribution in [0.5, 0.6) is 0 Å². The molecule has 0 saturated carbocycles.